The number of sulfonamides is 1. The number of hydrogen-bond acceptors (Lipinski definition) is 9. The second-order valence-electron chi connectivity index (χ2n) is 18.0. The molecular weight excluding hydrogens is 853 g/mol. The number of aromatic nitrogens is 2. The van der Waals surface area contributed by atoms with Gasteiger partial charge in [-0.25, -0.2) is 22.5 Å². The van der Waals surface area contributed by atoms with Crippen LogP contribution in [0.1, 0.15) is 81.6 Å². The van der Waals surface area contributed by atoms with Gasteiger partial charge >= 0.3 is 0 Å². The molecule has 0 radical (unpaired) electrons. The minimum atomic E-state index is -4.49. The standard InChI is InChI=1S/C47H52Cl2FN5O6S/c1-45(2)15-13-32(38(27-45)31-7-9-33(48)10-8-31)29-54-21-23-55(24-22-54)34-11-12-37(42(25-34)61-41-6-4-5-40-36(41)14-20-51-40)43(56)53-62(58,59)35-26-39(49)44(52-28-35)60-30-47(50)18-16-46(3,57)17-19-47/h4-12,14,20,25-26,28,51,57H,13,15-19,21-24,27,29-30H2,1-3H3,(H,53,56)/t46-,47+. The third-order valence-electron chi connectivity index (χ3n) is 12.5. The molecule has 3 aromatic carbocycles. The highest BCUT2D eigenvalue weighted by Crippen LogP contribution is 2.44. The fourth-order valence-corrected chi connectivity index (χ4v) is 9.97. The van der Waals surface area contributed by atoms with E-state index in [9.17, 15) is 18.3 Å². The molecule has 11 nitrogen and oxygen atoms in total. The van der Waals surface area contributed by atoms with Crippen molar-refractivity contribution in [1.82, 2.24) is 19.6 Å². The summed E-state index contributed by atoms with van der Waals surface area (Å²) >= 11 is 12.6. The summed E-state index contributed by atoms with van der Waals surface area (Å²) in [5, 5.41) is 11.6. The number of allylic oxidation sites excluding steroid dienone is 1. The van der Waals surface area contributed by atoms with Crippen LogP contribution in [0.5, 0.6) is 17.4 Å². The van der Waals surface area contributed by atoms with Gasteiger partial charge in [0.2, 0.25) is 5.88 Å². The van der Waals surface area contributed by atoms with Gasteiger partial charge in [0, 0.05) is 66.6 Å². The lowest BCUT2D eigenvalue weighted by atomic mass is 9.72. The van der Waals surface area contributed by atoms with Crippen molar-refractivity contribution < 1.29 is 32.2 Å². The minimum absolute atomic E-state index is 0.00380. The normalized spacial score (nSPS) is 22.1. The van der Waals surface area contributed by atoms with Gasteiger partial charge in [-0.3, -0.25) is 9.69 Å². The second-order valence-corrected chi connectivity index (χ2v) is 20.5. The number of benzene rings is 3. The first kappa shape index (κ1) is 44.0. The highest BCUT2D eigenvalue weighted by atomic mass is 35.5. The Kier molecular flexibility index (Phi) is 12.4. The van der Waals surface area contributed by atoms with Gasteiger partial charge in [0.1, 0.15) is 33.7 Å². The van der Waals surface area contributed by atoms with Gasteiger partial charge in [0.15, 0.2) is 0 Å². The van der Waals surface area contributed by atoms with Crippen molar-refractivity contribution >= 4 is 61.3 Å². The third kappa shape index (κ3) is 10.1. The molecule has 15 heteroatoms. The van der Waals surface area contributed by atoms with Crippen LogP contribution in [0, 0.1) is 5.41 Å². The zero-order valence-corrected chi connectivity index (χ0v) is 37.5. The maximum absolute atomic E-state index is 15.4. The Morgan fingerprint density at radius 2 is 1.68 bits per heavy atom. The average Bonchev–Trinajstić information content (AvgIpc) is 3.73. The molecule has 2 aliphatic carbocycles. The Morgan fingerprint density at radius 1 is 0.935 bits per heavy atom. The van der Waals surface area contributed by atoms with E-state index in [0.29, 0.717) is 5.75 Å². The molecule has 3 aliphatic rings. The van der Waals surface area contributed by atoms with E-state index in [-0.39, 0.29) is 64.8 Å². The number of piperazine rings is 1. The summed E-state index contributed by atoms with van der Waals surface area (Å²) in [4.78, 5) is 25.5. The largest absolute Gasteiger partial charge is 0.473 e. The van der Waals surface area contributed by atoms with E-state index in [0.717, 1.165) is 85.9 Å². The first-order valence-corrected chi connectivity index (χ1v) is 23.3. The van der Waals surface area contributed by atoms with Crippen LogP contribution < -0.4 is 19.1 Å². The molecule has 3 heterocycles. The number of carbonyl (C=O) groups excluding carboxylic acids is 1. The molecule has 1 aliphatic heterocycles. The van der Waals surface area contributed by atoms with Gasteiger partial charge in [-0.1, -0.05) is 60.8 Å². The van der Waals surface area contributed by atoms with Crippen LogP contribution in [0.25, 0.3) is 16.5 Å². The average molecular weight is 905 g/mol. The van der Waals surface area contributed by atoms with Crippen LogP contribution in [-0.4, -0.2) is 84.9 Å². The molecule has 0 spiro atoms. The molecule has 62 heavy (non-hydrogen) atoms. The number of aromatic amines is 1. The molecular formula is C47H52Cl2FN5O6S. The van der Waals surface area contributed by atoms with E-state index >= 15 is 4.39 Å². The molecule has 1 amide bonds. The molecule has 0 atom stereocenters. The molecule has 2 fully saturated rings. The summed E-state index contributed by atoms with van der Waals surface area (Å²) in [6.07, 6.45) is 6.78. The van der Waals surface area contributed by atoms with Gasteiger partial charge in [-0.05, 0) is 117 Å². The molecule has 1 saturated carbocycles. The van der Waals surface area contributed by atoms with E-state index in [1.54, 1.807) is 37.4 Å². The van der Waals surface area contributed by atoms with Crippen molar-refractivity contribution in [3.8, 4) is 17.4 Å². The van der Waals surface area contributed by atoms with Crippen LogP contribution in [-0.2, 0) is 10.0 Å². The number of alkyl halides is 1. The monoisotopic (exact) mass is 903 g/mol. The number of H-pyrrole nitrogens is 1. The molecule has 5 aromatic rings. The second kappa shape index (κ2) is 17.5. The topological polar surface area (TPSA) is 137 Å². The van der Waals surface area contributed by atoms with Crippen LogP contribution in [0.3, 0.4) is 0 Å². The number of nitrogens with zero attached hydrogens (tertiary/aromatic N) is 3. The molecule has 3 N–H and O–H groups in total. The number of ether oxygens (including phenoxy) is 2. The van der Waals surface area contributed by atoms with Crippen molar-refractivity contribution in [3.05, 3.63) is 112 Å². The number of pyridine rings is 1. The van der Waals surface area contributed by atoms with Gasteiger partial charge in [0.25, 0.3) is 15.9 Å². The van der Waals surface area contributed by atoms with Crippen molar-refractivity contribution in [3.63, 3.8) is 0 Å². The van der Waals surface area contributed by atoms with E-state index in [1.807, 2.05) is 30.3 Å². The first-order chi connectivity index (χ1) is 29.4. The minimum Gasteiger partial charge on any atom is -0.473 e. The number of anilines is 1. The number of rotatable bonds is 12. The predicted octanol–water partition coefficient (Wildman–Crippen LogP) is 9.98. The van der Waals surface area contributed by atoms with E-state index < -0.39 is 27.2 Å². The summed E-state index contributed by atoms with van der Waals surface area (Å²) in [7, 11) is -4.49. The highest BCUT2D eigenvalue weighted by Gasteiger charge is 2.41. The summed E-state index contributed by atoms with van der Waals surface area (Å²) in [5.41, 5.74) is 3.42. The lowest BCUT2D eigenvalue weighted by Crippen LogP contribution is -2.47. The molecule has 328 valence electrons. The number of fused-ring (bicyclic) bond motifs is 1. The van der Waals surface area contributed by atoms with Crippen LogP contribution in [0.15, 0.2) is 95.7 Å². The van der Waals surface area contributed by atoms with Gasteiger partial charge in [-0.15, -0.1) is 0 Å². The molecule has 0 unspecified atom stereocenters. The smallest absolute Gasteiger partial charge is 0.268 e. The summed E-state index contributed by atoms with van der Waals surface area (Å²) in [5.74, 6) is -0.390. The van der Waals surface area contributed by atoms with Crippen LogP contribution in [0.2, 0.25) is 10.0 Å². The molecule has 1 saturated heterocycles. The Bertz CT molecular complexity index is 2600. The summed E-state index contributed by atoms with van der Waals surface area (Å²) in [6, 6.07) is 21.9. The molecule has 2 aromatic heterocycles. The number of hydrogen-bond donors (Lipinski definition) is 3. The number of nitrogens with one attached hydrogen (secondary N) is 2. The predicted molar refractivity (Wildman–Crippen MR) is 242 cm³/mol. The Labute approximate surface area is 372 Å². The molecule has 8 rings (SSSR count). The first-order valence-electron chi connectivity index (χ1n) is 21.0. The van der Waals surface area contributed by atoms with Crippen molar-refractivity contribution in [2.24, 2.45) is 5.41 Å². The zero-order valence-electron chi connectivity index (χ0n) is 35.1. The fourth-order valence-electron chi connectivity index (χ4n) is 8.62. The Morgan fingerprint density at radius 3 is 2.40 bits per heavy atom. The summed E-state index contributed by atoms with van der Waals surface area (Å²) < 4.78 is 56.8. The van der Waals surface area contributed by atoms with Gasteiger partial charge < -0.3 is 24.5 Å². The van der Waals surface area contributed by atoms with Gasteiger partial charge in [0.05, 0.1) is 17.4 Å². The fraction of sp³-hybridized carbons (Fsp3) is 0.404. The summed E-state index contributed by atoms with van der Waals surface area (Å²) in [6.45, 7) is 10.0. The Balaban J connectivity index is 0.984. The highest BCUT2D eigenvalue weighted by molar-refractivity contribution is 7.90. The number of halogens is 3. The third-order valence-corrected chi connectivity index (χ3v) is 14.3. The van der Waals surface area contributed by atoms with E-state index in [1.165, 1.54) is 16.7 Å². The van der Waals surface area contributed by atoms with Gasteiger partial charge in [-0.2, -0.15) is 0 Å². The lowest BCUT2D eigenvalue weighted by Gasteiger charge is -2.39. The molecule has 0 bridgehead atoms. The lowest BCUT2D eigenvalue weighted by molar-refractivity contribution is -0.0483. The van der Waals surface area contributed by atoms with Crippen LogP contribution >= 0.6 is 23.2 Å². The Hall–Kier alpha value is -4.66. The SMILES string of the molecule is CC1(C)CCC(CN2CCN(c3ccc(C(=O)NS(=O)(=O)c4cnc(OC[C@]5(F)CC[C@@](C)(O)CC5)c(Cl)c4)c(Oc4cccc5[nH]ccc45)c3)CC2)=C(c2ccc(Cl)cc2)C1. The maximum atomic E-state index is 15.4. The van der Waals surface area contributed by atoms with Crippen molar-refractivity contribution in [2.45, 2.75) is 81.9 Å². The van der Waals surface area contributed by atoms with E-state index in [4.69, 9.17) is 32.7 Å². The zero-order chi connectivity index (χ0) is 43.9. The van der Waals surface area contributed by atoms with E-state index in [2.05, 4.69) is 50.5 Å². The van der Waals surface area contributed by atoms with Crippen molar-refractivity contribution in [2.75, 3.05) is 44.2 Å². The number of aliphatic hydroxyl groups is 1. The van der Waals surface area contributed by atoms with Crippen LogP contribution in [0.4, 0.5) is 10.1 Å². The van der Waals surface area contributed by atoms with Crippen molar-refractivity contribution in [1.29, 1.82) is 0 Å². The quantitative estimate of drug-likeness (QED) is 0.112. The maximum Gasteiger partial charge on any atom is 0.268 e. The number of carbonyl (C=O) groups is 1. The number of amides is 1.